The molecule has 0 aliphatic carbocycles. The van der Waals surface area contributed by atoms with Gasteiger partial charge in [-0.2, -0.15) is 0 Å². The molecule has 20 heavy (non-hydrogen) atoms. The Kier molecular flexibility index (Phi) is 3.05. The van der Waals surface area contributed by atoms with Crippen LogP contribution in [-0.4, -0.2) is 16.8 Å². The standard InChI is InChI=1S/C14H14NO4P/c1-15-12-6-3-2-5-10(12)9-11-13(15)7-4-8-14(11)19-20(16,17)18/h2-8H,9H2,1H3,(H2,16,17,18). The number of benzene rings is 2. The molecule has 5 nitrogen and oxygen atoms in total. The zero-order valence-corrected chi connectivity index (χ0v) is 11.7. The first-order valence-electron chi connectivity index (χ1n) is 6.14. The number of hydrogen-bond acceptors (Lipinski definition) is 3. The lowest BCUT2D eigenvalue weighted by Gasteiger charge is -2.31. The molecule has 0 amide bonds. The molecule has 0 saturated carbocycles. The fraction of sp³-hybridized carbons (Fsp3) is 0.143. The van der Waals surface area contributed by atoms with Gasteiger partial charge in [-0.3, -0.25) is 9.79 Å². The van der Waals surface area contributed by atoms with Gasteiger partial charge in [0.2, 0.25) is 0 Å². The van der Waals surface area contributed by atoms with E-state index in [0.717, 1.165) is 22.5 Å². The molecule has 3 rings (SSSR count). The lowest BCUT2D eigenvalue weighted by atomic mass is 9.95. The summed E-state index contributed by atoms with van der Waals surface area (Å²) in [5, 5.41) is 0. The van der Waals surface area contributed by atoms with Gasteiger partial charge in [-0.05, 0) is 23.8 Å². The summed E-state index contributed by atoms with van der Waals surface area (Å²) in [6.07, 6.45) is 0.589. The number of phosphoric ester groups is 1. The largest absolute Gasteiger partial charge is 0.524 e. The van der Waals surface area contributed by atoms with Gasteiger partial charge >= 0.3 is 7.82 Å². The molecule has 0 unspecified atom stereocenters. The SMILES string of the molecule is CN1c2ccccc2Cc2c(OP(=O)(O)O)cccc21. The number of anilines is 2. The van der Waals surface area contributed by atoms with Crippen molar-refractivity contribution < 1.29 is 18.9 Å². The van der Waals surface area contributed by atoms with E-state index in [9.17, 15) is 4.57 Å². The highest BCUT2D eigenvalue weighted by atomic mass is 31.2. The third-order valence-corrected chi connectivity index (χ3v) is 3.84. The fourth-order valence-electron chi connectivity index (χ4n) is 2.57. The third-order valence-electron chi connectivity index (χ3n) is 3.41. The van der Waals surface area contributed by atoms with E-state index in [1.165, 1.54) is 0 Å². The van der Waals surface area contributed by atoms with Gasteiger partial charge in [0.15, 0.2) is 0 Å². The normalized spacial score (nSPS) is 13.7. The molecule has 0 bridgehead atoms. The molecule has 1 aliphatic rings. The average Bonchev–Trinajstić information content (AvgIpc) is 2.39. The quantitative estimate of drug-likeness (QED) is 0.833. The Morgan fingerprint density at radius 3 is 2.55 bits per heavy atom. The molecule has 6 heteroatoms. The van der Waals surface area contributed by atoms with Crippen molar-refractivity contribution in [3.8, 4) is 5.75 Å². The van der Waals surface area contributed by atoms with E-state index in [1.54, 1.807) is 12.1 Å². The van der Waals surface area contributed by atoms with Crippen molar-refractivity contribution >= 4 is 19.2 Å². The number of fused-ring (bicyclic) bond motifs is 2. The average molecular weight is 291 g/mol. The monoisotopic (exact) mass is 291 g/mol. The second-order valence-corrected chi connectivity index (χ2v) is 5.86. The van der Waals surface area contributed by atoms with Crippen LogP contribution in [0.1, 0.15) is 11.1 Å². The fourth-order valence-corrected chi connectivity index (χ4v) is 2.99. The highest BCUT2D eigenvalue weighted by Crippen LogP contribution is 2.45. The molecule has 2 aromatic carbocycles. The summed E-state index contributed by atoms with van der Waals surface area (Å²) in [6.45, 7) is 0. The first kappa shape index (κ1) is 13.2. The van der Waals surface area contributed by atoms with Crippen LogP contribution in [0.2, 0.25) is 0 Å². The summed E-state index contributed by atoms with van der Waals surface area (Å²) in [4.78, 5) is 20.0. The Hall–Kier alpha value is -1.81. The number of para-hydroxylation sites is 1. The van der Waals surface area contributed by atoms with Gasteiger partial charge in [0.25, 0.3) is 0 Å². The van der Waals surface area contributed by atoms with Gasteiger partial charge in [0.05, 0.1) is 0 Å². The molecule has 104 valence electrons. The smallest absolute Gasteiger partial charge is 0.404 e. The number of phosphoric acid groups is 1. The Bertz CT molecular complexity index is 710. The second kappa shape index (κ2) is 4.63. The minimum absolute atomic E-state index is 0.234. The van der Waals surface area contributed by atoms with Crippen molar-refractivity contribution in [2.24, 2.45) is 0 Å². The molecule has 1 heterocycles. The van der Waals surface area contributed by atoms with Crippen LogP contribution < -0.4 is 9.42 Å². The lowest BCUT2D eigenvalue weighted by molar-refractivity contribution is 0.282. The molecule has 1 aliphatic heterocycles. The van der Waals surface area contributed by atoms with Crippen LogP contribution in [0.15, 0.2) is 42.5 Å². The zero-order valence-electron chi connectivity index (χ0n) is 10.9. The van der Waals surface area contributed by atoms with Gasteiger partial charge in [-0.15, -0.1) is 0 Å². The molecule has 0 aromatic heterocycles. The van der Waals surface area contributed by atoms with Crippen molar-refractivity contribution in [3.05, 3.63) is 53.6 Å². The molecule has 0 radical (unpaired) electrons. The third kappa shape index (κ3) is 2.31. The van der Waals surface area contributed by atoms with E-state index in [0.29, 0.717) is 6.42 Å². The van der Waals surface area contributed by atoms with Crippen LogP contribution in [0.5, 0.6) is 5.75 Å². The summed E-state index contributed by atoms with van der Waals surface area (Å²) in [7, 11) is -2.63. The first-order chi connectivity index (χ1) is 9.46. The summed E-state index contributed by atoms with van der Waals surface area (Å²) in [6, 6.07) is 13.2. The maximum absolute atomic E-state index is 11.1. The summed E-state index contributed by atoms with van der Waals surface area (Å²) in [5.74, 6) is 0.234. The minimum Gasteiger partial charge on any atom is -0.404 e. The van der Waals surface area contributed by atoms with E-state index in [2.05, 4.69) is 0 Å². The van der Waals surface area contributed by atoms with Crippen LogP contribution in [0, 0.1) is 0 Å². The van der Waals surface area contributed by atoms with E-state index in [1.807, 2.05) is 42.3 Å². The predicted molar refractivity (Wildman–Crippen MR) is 76.4 cm³/mol. The molecular weight excluding hydrogens is 277 g/mol. The molecule has 2 aromatic rings. The topological polar surface area (TPSA) is 70.0 Å². The van der Waals surface area contributed by atoms with E-state index >= 15 is 0 Å². The highest BCUT2D eigenvalue weighted by Gasteiger charge is 2.25. The van der Waals surface area contributed by atoms with Crippen molar-refractivity contribution in [3.63, 3.8) is 0 Å². The number of hydrogen-bond donors (Lipinski definition) is 2. The van der Waals surface area contributed by atoms with Crippen molar-refractivity contribution in [1.82, 2.24) is 0 Å². The number of rotatable bonds is 2. The Balaban J connectivity index is 2.11. The Morgan fingerprint density at radius 2 is 1.80 bits per heavy atom. The van der Waals surface area contributed by atoms with Gasteiger partial charge < -0.3 is 9.42 Å². The predicted octanol–water partition coefficient (Wildman–Crippen LogP) is 2.83. The Labute approximate surface area is 116 Å². The molecule has 2 N–H and O–H groups in total. The molecule has 0 atom stereocenters. The summed E-state index contributed by atoms with van der Waals surface area (Å²) in [5.41, 5.74) is 3.88. The van der Waals surface area contributed by atoms with Crippen LogP contribution in [-0.2, 0) is 11.0 Å². The van der Waals surface area contributed by atoms with Crippen LogP contribution in [0.3, 0.4) is 0 Å². The van der Waals surface area contributed by atoms with Crippen molar-refractivity contribution in [2.75, 3.05) is 11.9 Å². The van der Waals surface area contributed by atoms with Gasteiger partial charge in [0.1, 0.15) is 5.75 Å². The highest BCUT2D eigenvalue weighted by molar-refractivity contribution is 7.46. The number of nitrogens with zero attached hydrogens (tertiary/aromatic N) is 1. The van der Waals surface area contributed by atoms with Crippen molar-refractivity contribution in [1.29, 1.82) is 0 Å². The Morgan fingerprint density at radius 1 is 1.10 bits per heavy atom. The second-order valence-electron chi connectivity index (χ2n) is 4.70. The maximum Gasteiger partial charge on any atom is 0.524 e. The molecule has 0 spiro atoms. The van der Waals surface area contributed by atoms with Crippen LogP contribution in [0.4, 0.5) is 11.4 Å². The molecule has 0 fully saturated rings. The van der Waals surface area contributed by atoms with E-state index in [-0.39, 0.29) is 5.75 Å². The van der Waals surface area contributed by atoms with Crippen LogP contribution >= 0.6 is 7.82 Å². The van der Waals surface area contributed by atoms with Gasteiger partial charge in [-0.1, -0.05) is 24.3 Å². The van der Waals surface area contributed by atoms with Crippen LogP contribution in [0.25, 0.3) is 0 Å². The minimum atomic E-state index is -4.56. The molecular formula is C14H14NO4P. The van der Waals surface area contributed by atoms with Gasteiger partial charge in [0, 0.05) is 30.4 Å². The van der Waals surface area contributed by atoms with Crippen molar-refractivity contribution in [2.45, 2.75) is 6.42 Å². The first-order valence-corrected chi connectivity index (χ1v) is 7.67. The summed E-state index contributed by atoms with van der Waals surface area (Å²) >= 11 is 0. The van der Waals surface area contributed by atoms with E-state index in [4.69, 9.17) is 14.3 Å². The van der Waals surface area contributed by atoms with Gasteiger partial charge in [-0.25, -0.2) is 4.57 Å². The maximum atomic E-state index is 11.1. The van der Waals surface area contributed by atoms with E-state index < -0.39 is 7.82 Å². The summed E-state index contributed by atoms with van der Waals surface area (Å²) < 4.78 is 15.9. The molecule has 0 saturated heterocycles. The zero-order chi connectivity index (χ0) is 14.3. The lowest BCUT2D eigenvalue weighted by Crippen LogP contribution is -2.18.